The summed E-state index contributed by atoms with van der Waals surface area (Å²) in [5.41, 5.74) is 3.88. The van der Waals surface area contributed by atoms with Gasteiger partial charge in [0.15, 0.2) is 5.65 Å². The van der Waals surface area contributed by atoms with Crippen LogP contribution in [0.2, 0.25) is 10.0 Å². The number of nitrogens with one attached hydrogen (secondary N) is 1. The van der Waals surface area contributed by atoms with Crippen LogP contribution in [0.5, 0.6) is 0 Å². The van der Waals surface area contributed by atoms with Crippen molar-refractivity contribution in [3.63, 3.8) is 0 Å². The van der Waals surface area contributed by atoms with Crippen molar-refractivity contribution in [3.05, 3.63) is 51.1 Å². The minimum atomic E-state index is 0.470. The van der Waals surface area contributed by atoms with Gasteiger partial charge >= 0.3 is 0 Å². The molecule has 2 saturated carbocycles. The number of halogens is 2. The van der Waals surface area contributed by atoms with Gasteiger partial charge < -0.3 is 10.2 Å². The predicted octanol–water partition coefficient (Wildman–Crippen LogP) is 4.91. The second-order valence-electron chi connectivity index (χ2n) is 10.1. The van der Waals surface area contributed by atoms with Crippen LogP contribution < -0.4 is 10.2 Å². The number of rotatable bonds is 9. The summed E-state index contributed by atoms with van der Waals surface area (Å²) < 4.78 is 1.86. The third kappa shape index (κ3) is 4.86. The normalized spacial score (nSPS) is 15.7. The monoisotopic (exact) mass is 525 g/mol. The average Bonchev–Trinajstić information content (AvgIpc) is 3.75. The van der Waals surface area contributed by atoms with E-state index in [1.165, 1.54) is 30.5 Å². The van der Waals surface area contributed by atoms with E-state index < -0.39 is 0 Å². The molecule has 6 rings (SSSR count). The Hall–Kier alpha value is -2.91. The Bertz CT molecular complexity index is 1390. The molecular weight excluding hydrogens is 497 g/mol. The van der Waals surface area contributed by atoms with Crippen molar-refractivity contribution in [2.45, 2.75) is 51.7 Å². The second-order valence-corrected chi connectivity index (χ2v) is 11.0. The van der Waals surface area contributed by atoms with Gasteiger partial charge in [-0.1, -0.05) is 28.3 Å². The van der Waals surface area contributed by atoms with Gasteiger partial charge in [0.2, 0.25) is 0 Å². The Morgan fingerprint density at radius 3 is 2.31 bits per heavy atom. The highest BCUT2D eigenvalue weighted by Crippen LogP contribution is 2.46. The van der Waals surface area contributed by atoms with E-state index in [4.69, 9.17) is 28.2 Å². The standard InChI is InChI=1S/C25H29Cl2N9/c1-14-21-10-18(23(29-24(21)34(2)31-14)28-22(16-4-5-16)17-6-7-17)13-36(25-30-33-35(3)32-25)12-15-8-19(26)11-20(27)9-15/h8-11,16-17,22H,4-7,12-13H2,1-3H3,(H,28,29). The molecule has 0 unspecified atom stereocenters. The van der Waals surface area contributed by atoms with Gasteiger partial charge in [-0.05, 0) is 79.5 Å². The van der Waals surface area contributed by atoms with Gasteiger partial charge in [-0.15, -0.1) is 5.10 Å². The van der Waals surface area contributed by atoms with Gasteiger partial charge in [-0.25, -0.2) is 4.98 Å². The van der Waals surface area contributed by atoms with Crippen molar-refractivity contribution in [2.24, 2.45) is 25.9 Å². The Morgan fingerprint density at radius 1 is 1.00 bits per heavy atom. The number of hydrogen-bond acceptors (Lipinski definition) is 7. The van der Waals surface area contributed by atoms with E-state index >= 15 is 0 Å². The highest BCUT2D eigenvalue weighted by Gasteiger charge is 2.42. The molecule has 1 N–H and O–H groups in total. The third-order valence-corrected chi connectivity index (χ3v) is 7.51. The highest BCUT2D eigenvalue weighted by molar-refractivity contribution is 6.34. The lowest BCUT2D eigenvalue weighted by atomic mass is 10.1. The largest absolute Gasteiger partial charge is 0.366 e. The summed E-state index contributed by atoms with van der Waals surface area (Å²) in [6, 6.07) is 8.24. The first-order valence-corrected chi connectivity index (χ1v) is 13.1. The molecule has 11 heteroatoms. The number of tetrazole rings is 1. The molecule has 0 bridgehead atoms. The topological polar surface area (TPSA) is 89.6 Å². The number of aromatic nitrogens is 7. The van der Waals surface area contributed by atoms with Gasteiger partial charge in [0, 0.05) is 47.2 Å². The van der Waals surface area contributed by atoms with E-state index in [0.717, 1.165) is 45.5 Å². The number of aryl methyl sites for hydroxylation is 3. The van der Waals surface area contributed by atoms with Crippen LogP contribution >= 0.6 is 23.2 Å². The molecule has 3 aromatic heterocycles. The summed E-state index contributed by atoms with van der Waals surface area (Å²) in [5.74, 6) is 2.92. The maximum Gasteiger partial charge on any atom is 0.266 e. The molecule has 0 amide bonds. The third-order valence-electron chi connectivity index (χ3n) is 7.08. The molecular formula is C25H29Cl2N9. The SMILES string of the molecule is Cc1nn(C)c2nc(NC(C3CC3)C3CC3)c(CN(Cc3cc(Cl)cc(Cl)c3)c3nnn(C)n3)cc12. The smallest absolute Gasteiger partial charge is 0.266 e. The zero-order valence-electron chi connectivity index (χ0n) is 20.6. The average molecular weight is 526 g/mol. The molecule has 9 nitrogen and oxygen atoms in total. The minimum absolute atomic E-state index is 0.470. The molecule has 2 fully saturated rings. The molecule has 0 aliphatic heterocycles. The van der Waals surface area contributed by atoms with Crippen LogP contribution in [-0.4, -0.2) is 41.0 Å². The predicted molar refractivity (Wildman–Crippen MR) is 141 cm³/mol. The summed E-state index contributed by atoms with van der Waals surface area (Å²) in [6.07, 6.45) is 5.17. The van der Waals surface area contributed by atoms with Gasteiger partial charge in [-0.3, -0.25) is 4.68 Å². The van der Waals surface area contributed by atoms with Gasteiger partial charge in [-0.2, -0.15) is 9.90 Å². The molecule has 3 heterocycles. The second kappa shape index (κ2) is 9.19. The first kappa shape index (κ1) is 23.5. The van der Waals surface area contributed by atoms with E-state index in [2.05, 4.69) is 36.8 Å². The maximum atomic E-state index is 6.30. The molecule has 2 aliphatic rings. The van der Waals surface area contributed by atoms with Crippen LogP contribution in [0.25, 0.3) is 11.0 Å². The van der Waals surface area contributed by atoms with Crippen molar-refractivity contribution in [2.75, 3.05) is 10.2 Å². The number of nitrogens with zero attached hydrogens (tertiary/aromatic N) is 8. The van der Waals surface area contributed by atoms with E-state index in [9.17, 15) is 0 Å². The van der Waals surface area contributed by atoms with E-state index in [0.29, 0.717) is 35.1 Å². The molecule has 188 valence electrons. The Labute approximate surface area is 219 Å². The van der Waals surface area contributed by atoms with E-state index in [-0.39, 0.29) is 0 Å². The summed E-state index contributed by atoms with van der Waals surface area (Å²) in [7, 11) is 3.71. The Morgan fingerprint density at radius 2 is 1.69 bits per heavy atom. The molecule has 0 saturated heterocycles. The lowest BCUT2D eigenvalue weighted by molar-refractivity contribution is 0.564. The quantitative estimate of drug-likeness (QED) is 0.331. The molecule has 0 radical (unpaired) electrons. The fraction of sp³-hybridized carbons (Fsp3) is 0.480. The van der Waals surface area contributed by atoms with Crippen LogP contribution in [0.1, 0.15) is 42.5 Å². The van der Waals surface area contributed by atoms with Gasteiger partial charge in [0.05, 0.1) is 12.7 Å². The van der Waals surface area contributed by atoms with Crippen molar-refractivity contribution < 1.29 is 0 Å². The van der Waals surface area contributed by atoms with E-state index in [1.807, 2.05) is 30.8 Å². The molecule has 0 spiro atoms. The number of anilines is 2. The number of pyridine rings is 1. The summed E-state index contributed by atoms with van der Waals surface area (Å²) >= 11 is 12.6. The van der Waals surface area contributed by atoms with Crippen molar-refractivity contribution >= 4 is 46.0 Å². The van der Waals surface area contributed by atoms with Gasteiger partial charge in [0.1, 0.15) is 5.82 Å². The summed E-state index contributed by atoms with van der Waals surface area (Å²) in [6.45, 7) is 3.08. The first-order valence-electron chi connectivity index (χ1n) is 12.4. The van der Waals surface area contributed by atoms with Crippen LogP contribution in [-0.2, 0) is 27.2 Å². The number of fused-ring (bicyclic) bond motifs is 1. The molecule has 4 aromatic rings. The fourth-order valence-electron chi connectivity index (χ4n) is 5.05. The maximum absolute atomic E-state index is 6.30. The summed E-state index contributed by atoms with van der Waals surface area (Å²) in [4.78, 5) is 8.65. The first-order chi connectivity index (χ1) is 17.3. The van der Waals surface area contributed by atoms with Crippen LogP contribution in [0, 0.1) is 18.8 Å². The molecule has 2 aliphatic carbocycles. The Balaban J connectivity index is 1.40. The molecule has 0 atom stereocenters. The minimum Gasteiger partial charge on any atom is -0.366 e. The lowest BCUT2D eigenvalue weighted by Crippen LogP contribution is -2.28. The fourth-order valence-corrected chi connectivity index (χ4v) is 5.62. The lowest BCUT2D eigenvalue weighted by Gasteiger charge is -2.25. The Kier molecular flexibility index (Phi) is 6.00. The van der Waals surface area contributed by atoms with Crippen LogP contribution in [0.3, 0.4) is 0 Å². The number of benzene rings is 1. The van der Waals surface area contributed by atoms with Crippen LogP contribution in [0.4, 0.5) is 11.8 Å². The molecule has 1 aromatic carbocycles. The van der Waals surface area contributed by atoms with Crippen molar-refractivity contribution in [1.29, 1.82) is 0 Å². The summed E-state index contributed by atoms with van der Waals surface area (Å²) in [5, 5.41) is 23.6. The highest BCUT2D eigenvalue weighted by atomic mass is 35.5. The molecule has 36 heavy (non-hydrogen) atoms. The van der Waals surface area contributed by atoms with Crippen molar-refractivity contribution in [1.82, 2.24) is 35.0 Å². The van der Waals surface area contributed by atoms with Crippen molar-refractivity contribution in [3.8, 4) is 0 Å². The zero-order chi connectivity index (χ0) is 25.0. The number of hydrogen-bond donors (Lipinski definition) is 1. The van der Waals surface area contributed by atoms with E-state index in [1.54, 1.807) is 13.1 Å². The zero-order valence-corrected chi connectivity index (χ0v) is 22.1. The van der Waals surface area contributed by atoms with Crippen LogP contribution in [0.15, 0.2) is 24.3 Å². The van der Waals surface area contributed by atoms with Gasteiger partial charge in [0.25, 0.3) is 5.95 Å².